The summed E-state index contributed by atoms with van der Waals surface area (Å²) in [5.74, 6) is 0. The minimum Gasteiger partial charge on any atom is -0.312 e. The number of hydrogen-bond acceptors (Lipinski definition) is 4. The van der Waals surface area contributed by atoms with Gasteiger partial charge in [-0.2, -0.15) is 4.31 Å². The van der Waals surface area contributed by atoms with Crippen LogP contribution in [0.3, 0.4) is 0 Å². The van der Waals surface area contributed by atoms with Crippen molar-refractivity contribution in [1.29, 1.82) is 0 Å². The van der Waals surface area contributed by atoms with Crippen molar-refractivity contribution in [2.75, 3.05) is 13.6 Å². The van der Waals surface area contributed by atoms with E-state index < -0.39 is 10.0 Å². The van der Waals surface area contributed by atoms with E-state index >= 15 is 0 Å². The van der Waals surface area contributed by atoms with Crippen molar-refractivity contribution in [2.24, 2.45) is 0 Å². The lowest BCUT2D eigenvalue weighted by atomic mass is 10.0. The largest absolute Gasteiger partial charge is 0.312 e. The molecule has 0 unspecified atom stereocenters. The van der Waals surface area contributed by atoms with Gasteiger partial charge in [0.15, 0.2) is 0 Å². The van der Waals surface area contributed by atoms with Gasteiger partial charge in [-0.1, -0.05) is 13.8 Å². The smallest absolute Gasteiger partial charge is 0.252 e. The Morgan fingerprint density at radius 2 is 1.95 bits per heavy atom. The van der Waals surface area contributed by atoms with E-state index in [0.717, 1.165) is 30.8 Å². The molecular formula is C14H26N2O2S2. The molecule has 1 aromatic heterocycles. The molecule has 0 aliphatic heterocycles. The zero-order valence-corrected chi connectivity index (χ0v) is 14.7. The Hall–Kier alpha value is -0.430. The van der Waals surface area contributed by atoms with E-state index in [-0.39, 0.29) is 5.54 Å². The molecule has 0 aliphatic carbocycles. The third-order valence-electron chi connectivity index (χ3n) is 3.70. The molecule has 0 radical (unpaired) electrons. The van der Waals surface area contributed by atoms with Gasteiger partial charge in [-0.15, -0.1) is 11.3 Å². The van der Waals surface area contributed by atoms with Crippen molar-refractivity contribution >= 4 is 21.4 Å². The monoisotopic (exact) mass is 318 g/mol. The maximum Gasteiger partial charge on any atom is 0.252 e. The predicted molar refractivity (Wildman–Crippen MR) is 85.6 cm³/mol. The second-order valence-electron chi connectivity index (χ2n) is 5.54. The molecule has 1 rings (SSSR count). The standard InChI is InChI=1S/C14H26N2O2S2/c1-6-10-15-11-12-8-9-13(19-12)20(17,18)16(5)14(3,4)7-2/h8-9,15H,6-7,10-11H2,1-5H3. The minimum atomic E-state index is -3.39. The highest BCUT2D eigenvalue weighted by atomic mass is 32.2. The molecule has 0 aromatic carbocycles. The Morgan fingerprint density at radius 3 is 2.50 bits per heavy atom. The van der Waals surface area contributed by atoms with Gasteiger partial charge in [0.25, 0.3) is 10.0 Å². The molecule has 1 heterocycles. The van der Waals surface area contributed by atoms with Crippen LogP contribution >= 0.6 is 11.3 Å². The molecule has 1 aromatic rings. The molecule has 1 N–H and O–H groups in total. The number of hydrogen-bond donors (Lipinski definition) is 1. The Bertz CT molecular complexity index is 521. The normalized spacial score (nSPS) is 13.1. The van der Waals surface area contributed by atoms with Crippen LogP contribution in [0.2, 0.25) is 0 Å². The van der Waals surface area contributed by atoms with Gasteiger partial charge in [0.05, 0.1) is 0 Å². The molecule has 0 saturated carbocycles. The van der Waals surface area contributed by atoms with Crippen LogP contribution in [0.4, 0.5) is 0 Å². The molecule has 0 fully saturated rings. The first-order valence-corrected chi connectivity index (χ1v) is 9.29. The third-order valence-corrected chi connectivity index (χ3v) is 7.32. The second kappa shape index (κ2) is 7.02. The zero-order chi connectivity index (χ0) is 15.4. The molecule has 116 valence electrons. The maximum atomic E-state index is 12.6. The van der Waals surface area contributed by atoms with Crippen LogP contribution in [-0.4, -0.2) is 31.9 Å². The number of rotatable bonds is 8. The highest BCUT2D eigenvalue weighted by molar-refractivity contribution is 7.91. The molecule has 6 heteroatoms. The van der Waals surface area contributed by atoms with Gasteiger partial charge in [0, 0.05) is 24.0 Å². The van der Waals surface area contributed by atoms with Crippen LogP contribution in [0.15, 0.2) is 16.3 Å². The summed E-state index contributed by atoms with van der Waals surface area (Å²) in [5.41, 5.74) is -0.372. The predicted octanol–water partition coefficient (Wildman–Crippen LogP) is 3.06. The van der Waals surface area contributed by atoms with Gasteiger partial charge < -0.3 is 5.32 Å². The Labute approximate surface area is 127 Å². The molecule has 20 heavy (non-hydrogen) atoms. The lowest BCUT2D eigenvalue weighted by molar-refractivity contribution is 0.257. The Morgan fingerprint density at radius 1 is 1.30 bits per heavy atom. The van der Waals surface area contributed by atoms with Gasteiger partial charge in [-0.3, -0.25) is 0 Å². The first kappa shape index (κ1) is 17.6. The summed E-state index contributed by atoms with van der Waals surface area (Å²) >= 11 is 1.35. The fourth-order valence-electron chi connectivity index (χ4n) is 1.66. The Balaban J connectivity index is 2.88. The van der Waals surface area contributed by atoms with Crippen molar-refractivity contribution in [1.82, 2.24) is 9.62 Å². The fourth-order valence-corrected chi connectivity index (χ4v) is 4.74. The molecule has 4 nitrogen and oxygen atoms in total. The van der Waals surface area contributed by atoms with E-state index in [0.29, 0.717) is 4.21 Å². The molecule has 0 bridgehead atoms. The average molecular weight is 319 g/mol. The highest BCUT2D eigenvalue weighted by Gasteiger charge is 2.33. The maximum absolute atomic E-state index is 12.6. The molecular weight excluding hydrogens is 292 g/mol. The second-order valence-corrected chi connectivity index (χ2v) is 8.90. The first-order chi connectivity index (χ1) is 9.25. The highest BCUT2D eigenvalue weighted by Crippen LogP contribution is 2.29. The van der Waals surface area contributed by atoms with Gasteiger partial charge in [0.1, 0.15) is 4.21 Å². The Kier molecular flexibility index (Phi) is 6.19. The molecule has 0 aliphatic rings. The summed E-state index contributed by atoms with van der Waals surface area (Å²) < 4.78 is 27.1. The van der Waals surface area contributed by atoms with E-state index in [4.69, 9.17) is 0 Å². The minimum absolute atomic E-state index is 0.372. The van der Waals surface area contributed by atoms with Gasteiger partial charge in [0.2, 0.25) is 0 Å². The van der Waals surface area contributed by atoms with Crippen LogP contribution in [0.25, 0.3) is 0 Å². The molecule has 0 atom stereocenters. The summed E-state index contributed by atoms with van der Waals surface area (Å²) in [7, 11) is -1.73. The first-order valence-electron chi connectivity index (χ1n) is 7.04. The topological polar surface area (TPSA) is 49.4 Å². The van der Waals surface area contributed by atoms with Crippen molar-refractivity contribution in [3.8, 4) is 0 Å². The van der Waals surface area contributed by atoms with E-state index in [1.165, 1.54) is 15.6 Å². The van der Waals surface area contributed by atoms with E-state index in [9.17, 15) is 8.42 Å². The van der Waals surface area contributed by atoms with Crippen molar-refractivity contribution in [2.45, 2.75) is 56.8 Å². The van der Waals surface area contributed by atoms with Gasteiger partial charge in [-0.05, 0) is 45.4 Å². The number of sulfonamides is 1. The fraction of sp³-hybridized carbons (Fsp3) is 0.714. The average Bonchev–Trinajstić information content (AvgIpc) is 2.87. The van der Waals surface area contributed by atoms with E-state index in [2.05, 4.69) is 12.2 Å². The van der Waals surface area contributed by atoms with Crippen molar-refractivity contribution in [3.63, 3.8) is 0 Å². The third kappa shape index (κ3) is 4.04. The number of nitrogens with zero attached hydrogens (tertiary/aromatic N) is 1. The summed E-state index contributed by atoms with van der Waals surface area (Å²) in [5, 5.41) is 3.29. The van der Waals surface area contributed by atoms with Crippen LogP contribution in [-0.2, 0) is 16.6 Å². The van der Waals surface area contributed by atoms with Gasteiger partial charge >= 0.3 is 0 Å². The lowest BCUT2D eigenvalue weighted by Crippen LogP contribution is -2.44. The van der Waals surface area contributed by atoms with Crippen LogP contribution in [0.1, 0.15) is 45.4 Å². The summed E-state index contributed by atoms with van der Waals surface area (Å²) in [6.07, 6.45) is 1.85. The van der Waals surface area contributed by atoms with Gasteiger partial charge in [-0.25, -0.2) is 8.42 Å². The van der Waals surface area contributed by atoms with E-state index in [1.54, 1.807) is 13.1 Å². The number of nitrogens with one attached hydrogen (secondary N) is 1. The quantitative estimate of drug-likeness (QED) is 0.750. The molecule has 0 saturated heterocycles. The van der Waals surface area contributed by atoms with Crippen molar-refractivity contribution < 1.29 is 8.42 Å². The molecule has 0 spiro atoms. The SMILES string of the molecule is CCCNCc1ccc(S(=O)(=O)N(C)C(C)(C)CC)s1. The van der Waals surface area contributed by atoms with Crippen LogP contribution in [0.5, 0.6) is 0 Å². The summed E-state index contributed by atoms with van der Waals surface area (Å²) in [6.45, 7) is 9.68. The molecule has 0 amide bonds. The zero-order valence-electron chi connectivity index (χ0n) is 13.1. The van der Waals surface area contributed by atoms with E-state index in [1.807, 2.05) is 26.8 Å². The summed E-state index contributed by atoms with van der Waals surface area (Å²) in [6, 6.07) is 3.61. The lowest BCUT2D eigenvalue weighted by Gasteiger charge is -2.33. The summed E-state index contributed by atoms with van der Waals surface area (Å²) in [4.78, 5) is 1.06. The van der Waals surface area contributed by atoms with Crippen molar-refractivity contribution in [3.05, 3.63) is 17.0 Å². The number of thiophene rings is 1. The van der Waals surface area contributed by atoms with Crippen LogP contribution < -0.4 is 5.32 Å². The van der Waals surface area contributed by atoms with Crippen LogP contribution in [0, 0.1) is 0 Å².